The maximum atomic E-state index is 12.8. The molecule has 0 atom stereocenters. The zero-order valence-corrected chi connectivity index (χ0v) is 19.0. The Labute approximate surface area is 193 Å². The standard InChI is InChI=1S/C23H26N4O5S/c28-22(9-10-23(29)27-12-11-21(25-27)18-5-2-1-3-6-18)24-19-7-4-8-20(17-19)33(30,31)26-13-15-32-16-14-26/h1-8,17H,9-16H2,(H,24,28). The lowest BCUT2D eigenvalue weighted by Crippen LogP contribution is -2.40. The molecule has 0 unspecified atom stereocenters. The molecular formula is C23H26N4O5S. The summed E-state index contributed by atoms with van der Waals surface area (Å²) in [5, 5.41) is 8.48. The zero-order valence-electron chi connectivity index (χ0n) is 18.1. The predicted molar refractivity (Wildman–Crippen MR) is 123 cm³/mol. The number of nitrogens with zero attached hydrogens (tertiary/aromatic N) is 3. The lowest BCUT2D eigenvalue weighted by Gasteiger charge is -2.26. The van der Waals surface area contributed by atoms with Crippen LogP contribution in [0, 0.1) is 0 Å². The summed E-state index contributed by atoms with van der Waals surface area (Å²) in [7, 11) is -3.66. The quantitative estimate of drug-likeness (QED) is 0.666. The highest BCUT2D eigenvalue weighted by Gasteiger charge is 2.27. The van der Waals surface area contributed by atoms with E-state index in [0.717, 1.165) is 11.3 Å². The molecule has 2 aromatic carbocycles. The third-order valence-electron chi connectivity index (χ3n) is 5.49. The number of hydrazone groups is 1. The monoisotopic (exact) mass is 470 g/mol. The lowest BCUT2D eigenvalue weighted by molar-refractivity contribution is -0.132. The number of sulfonamides is 1. The minimum Gasteiger partial charge on any atom is -0.379 e. The fourth-order valence-corrected chi connectivity index (χ4v) is 5.17. The van der Waals surface area contributed by atoms with Crippen LogP contribution in [-0.2, 0) is 24.3 Å². The molecule has 2 heterocycles. The largest absolute Gasteiger partial charge is 0.379 e. The highest BCUT2D eigenvalue weighted by molar-refractivity contribution is 7.89. The average molecular weight is 471 g/mol. The molecule has 2 aliphatic heterocycles. The van der Waals surface area contributed by atoms with Crippen LogP contribution in [0.5, 0.6) is 0 Å². The molecule has 4 rings (SSSR count). The highest BCUT2D eigenvalue weighted by atomic mass is 32.2. The first-order valence-electron chi connectivity index (χ1n) is 10.8. The number of ether oxygens (including phenoxy) is 1. The normalized spacial score (nSPS) is 17.0. The Morgan fingerprint density at radius 2 is 1.73 bits per heavy atom. The maximum absolute atomic E-state index is 12.8. The van der Waals surface area contributed by atoms with Crippen molar-refractivity contribution in [1.29, 1.82) is 0 Å². The molecule has 174 valence electrons. The van der Waals surface area contributed by atoms with Crippen LogP contribution in [0.15, 0.2) is 64.6 Å². The fourth-order valence-electron chi connectivity index (χ4n) is 3.71. The molecule has 1 saturated heterocycles. The molecule has 2 aliphatic rings. The SMILES string of the molecule is O=C(CCC(=O)N1CCC(c2ccccc2)=N1)Nc1cccc(S(=O)(=O)N2CCOCC2)c1. The van der Waals surface area contributed by atoms with E-state index < -0.39 is 10.0 Å². The Kier molecular flexibility index (Phi) is 7.17. The summed E-state index contributed by atoms with van der Waals surface area (Å²) < 4.78 is 32.2. The van der Waals surface area contributed by atoms with Gasteiger partial charge in [-0.3, -0.25) is 9.59 Å². The fraction of sp³-hybridized carbons (Fsp3) is 0.348. The van der Waals surface area contributed by atoms with Crippen LogP contribution in [0.25, 0.3) is 0 Å². The summed E-state index contributed by atoms with van der Waals surface area (Å²) >= 11 is 0. The number of rotatable bonds is 7. The molecule has 9 nitrogen and oxygen atoms in total. The first kappa shape index (κ1) is 23.1. The molecule has 0 bridgehead atoms. The van der Waals surface area contributed by atoms with E-state index in [1.807, 2.05) is 30.3 Å². The van der Waals surface area contributed by atoms with Gasteiger partial charge in [0.1, 0.15) is 0 Å². The Hall–Kier alpha value is -3.08. The number of morpholine rings is 1. The summed E-state index contributed by atoms with van der Waals surface area (Å²) in [6.07, 6.45) is 0.668. The van der Waals surface area contributed by atoms with E-state index in [0.29, 0.717) is 45.0 Å². The van der Waals surface area contributed by atoms with Gasteiger partial charge in [-0.05, 0) is 23.8 Å². The average Bonchev–Trinajstić information content (AvgIpc) is 3.34. The molecule has 1 fully saturated rings. The Morgan fingerprint density at radius 1 is 0.970 bits per heavy atom. The number of anilines is 1. The number of hydrogen-bond donors (Lipinski definition) is 1. The third kappa shape index (κ3) is 5.65. The van der Waals surface area contributed by atoms with Crippen LogP contribution in [0.2, 0.25) is 0 Å². The van der Waals surface area contributed by atoms with Crippen LogP contribution in [-0.4, -0.2) is 68.1 Å². The first-order chi connectivity index (χ1) is 15.9. The second-order valence-corrected chi connectivity index (χ2v) is 9.71. The predicted octanol–water partition coefficient (Wildman–Crippen LogP) is 2.06. The molecule has 0 aliphatic carbocycles. The highest BCUT2D eigenvalue weighted by Crippen LogP contribution is 2.21. The van der Waals surface area contributed by atoms with Gasteiger partial charge in [0.05, 0.1) is 30.4 Å². The van der Waals surface area contributed by atoms with E-state index in [-0.39, 0.29) is 29.6 Å². The van der Waals surface area contributed by atoms with E-state index in [1.165, 1.54) is 21.4 Å². The van der Waals surface area contributed by atoms with Gasteiger partial charge in [0, 0.05) is 38.0 Å². The summed E-state index contributed by atoms with van der Waals surface area (Å²) in [4.78, 5) is 25.0. The van der Waals surface area contributed by atoms with Crippen molar-refractivity contribution < 1.29 is 22.7 Å². The van der Waals surface area contributed by atoms with Gasteiger partial charge in [0.25, 0.3) is 0 Å². The van der Waals surface area contributed by atoms with Crippen LogP contribution in [0.3, 0.4) is 0 Å². The Morgan fingerprint density at radius 3 is 2.48 bits per heavy atom. The molecule has 0 spiro atoms. The lowest BCUT2D eigenvalue weighted by atomic mass is 10.1. The van der Waals surface area contributed by atoms with E-state index in [2.05, 4.69) is 10.4 Å². The number of amides is 2. The summed E-state index contributed by atoms with van der Waals surface area (Å²) in [6, 6.07) is 15.8. The molecular weight excluding hydrogens is 444 g/mol. The maximum Gasteiger partial charge on any atom is 0.243 e. The molecule has 33 heavy (non-hydrogen) atoms. The topological polar surface area (TPSA) is 108 Å². The molecule has 10 heteroatoms. The van der Waals surface area contributed by atoms with Crippen molar-refractivity contribution in [2.75, 3.05) is 38.2 Å². The minimum absolute atomic E-state index is 0.0170. The van der Waals surface area contributed by atoms with Crippen molar-refractivity contribution in [2.24, 2.45) is 5.10 Å². The Balaban J connectivity index is 1.32. The number of nitrogens with one attached hydrogen (secondary N) is 1. The van der Waals surface area contributed by atoms with Gasteiger partial charge in [-0.2, -0.15) is 9.41 Å². The van der Waals surface area contributed by atoms with Crippen LogP contribution >= 0.6 is 0 Å². The van der Waals surface area contributed by atoms with Gasteiger partial charge in [-0.1, -0.05) is 36.4 Å². The molecule has 0 radical (unpaired) electrons. The Bertz CT molecular complexity index is 1140. The van der Waals surface area contributed by atoms with Crippen molar-refractivity contribution >= 4 is 33.2 Å². The number of benzene rings is 2. The van der Waals surface area contributed by atoms with E-state index in [1.54, 1.807) is 12.1 Å². The van der Waals surface area contributed by atoms with Gasteiger partial charge < -0.3 is 10.1 Å². The number of carbonyl (C=O) groups is 2. The molecule has 2 amide bonds. The van der Waals surface area contributed by atoms with E-state index in [9.17, 15) is 18.0 Å². The van der Waals surface area contributed by atoms with Crippen LogP contribution in [0.1, 0.15) is 24.8 Å². The second kappa shape index (κ2) is 10.2. The second-order valence-electron chi connectivity index (χ2n) is 7.77. The van der Waals surface area contributed by atoms with E-state index >= 15 is 0 Å². The van der Waals surface area contributed by atoms with Crippen LogP contribution in [0.4, 0.5) is 5.69 Å². The first-order valence-corrected chi connectivity index (χ1v) is 12.3. The van der Waals surface area contributed by atoms with Gasteiger partial charge in [-0.25, -0.2) is 13.4 Å². The van der Waals surface area contributed by atoms with Gasteiger partial charge in [0.15, 0.2) is 0 Å². The molecule has 0 aromatic heterocycles. The van der Waals surface area contributed by atoms with Crippen molar-refractivity contribution in [3.8, 4) is 0 Å². The minimum atomic E-state index is -3.66. The zero-order chi connectivity index (χ0) is 23.3. The summed E-state index contributed by atoms with van der Waals surface area (Å²) in [6.45, 7) is 1.80. The van der Waals surface area contributed by atoms with Crippen molar-refractivity contribution in [3.63, 3.8) is 0 Å². The number of carbonyl (C=O) groups excluding carboxylic acids is 2. The molecule has 0 saturated carbocycles. The van der Waals surface area contributed by atoms with Crippen molar-refractivity contribution in [3.05, 3.63) is 60.2 Å². The van der Waals surface area contributed by atoms with Crippen molar-refractivity contribution in [2.45, 2.75) is 24.2 Å². The smallest absolute Gasteiger partial charge is 0.243 e. The molecule has 1 N–H and O–H groups in total. The van der Waals surface area contributed by atoms with Gasteiger partial charge in [0.2, 0.25) is 21.8 Å². The van der Waals surface area contributed by atoms with Crippen LogP contribution < -0.4 is 5.32 Å². The summed E-state index contributed by atoms with van der Waals surface area (Å²) in [5.74, 6) is -0.588. The summed E-state index contributed by atoms with van der Waals surface area (Å²) in [5.41, 5.74) is 2.21. The third-order valence-corrected chi connectivity index (χ3v) is 7.38. The van der Waals surface area contributed by atoms with Gasteiger partial charge in [-0.15, -0.1) is 0 Å². The van der Waals surface area contributed by atoms with Crippen molar-refractivity contribution in [1.82, 2.24) is 9.31 Å². The number of hydrogen-bond acceptors (Lipinski definition) is 6. The van der Waals surface area contributed by atoms with Gasteiger partial charge >= 0.3 is 0 Å². The molecule has 2 aromatic rings. The van der Waals surface area contributed by atoms with E-state index in [4.69, 9.17) is 4.74 Å².